The summed E-state index contributed by atoms with van der Waals surface area (Å²) in [6.45, 7) is 1.45. The molecule has 0 aliphatic carbocycles. The summed E-state index contributed by atoms with van der Waals surface area (Å²) < 4.78 is 1.57. The monoisotopic (exact) mass is 300 g/mol. The summed E-state index contributed by atoms with van der Waals surface area (Å²) in [5, 5.41) is 13.3. The zero-order chi connectivity index (χ0) is 16.1. The summed E-state index contributed by atoms with van der Waals surface area (Å²) in [5.74, 6) is -0.431. The van der Waals surface area contributed by atoms with Crippen LogP contribution < -0.4 is 9.88 Å². The van der Waals surface area contributed by atoms with Gasteiger partial charge >= 0.3 is 0 Å². The van der Waals surface area contributed by atoms with Crippen LogP contribution in [0.3, 0.4) is 0 Å². The van der Waals surface area contributed by atoms with Gasteiger partial charge in [-0.25, -0.2) is 0 Å². The fraction of sp³-hybridized carbons (Fsp3) is 0.133. The third-order valence-electron chi connectivity index (χ3n) is 2.93. The smallest absolute Gasteiger partial charge is 0.290 e. The fourth-order valence-electron chi connectivity index (χ4n) is 1.89. The second-order valence-corrected chi connectivity index (χ2v) is 4.68. The fourth-order valence-corrected chi connectivity index (χ4v) is 1.89. The molecule has 112 valence electrons. The Morgan fingerprint density at radius 2 is 2.05 bits per heavy atom. The molecule has 2 rings (SSSR count). The second kappa shape index (κ2) is 6.57. The van der Waals surface area contributed by atoms with Crippen LogP contribution in [0, 0.1) is 10.1 Å². The number of amides is 1. The maximum absolute atomic E-state index is 12.0. The molecule has 0 fully saturated rings. The van der Waals surface area contributed by atoms with Gasteiger partial charge in [0.15, 0.2) is 18.2 Å². The van der Waals surface area contributed by atoms with Gasteiger partial charge in [-0.2, -0.15) is 4.57 Å². The summed E-state index contributed by atoms with van der Waals surface area (Å²) in [6.07, 6.45) is 3.24. The van der Waals surface area contributed by atoms with Crippen molar-refractivity contribution >= 4 is 23.1 Å². The summed E-state index contributed by atoms with van der Waals surface area (Å²) in [6, 6.07) is 9.04. The summed E-state index contributed by atoms with van der Waals surface area (Å²) >= 11 is 0. The molecule has 7 nitrogen and oxygen atoms in total. The molecule has 0 spiro atoms. The van der Waals surface area contributed by atoms with Gasteiger partial charge < -0.3 is 5.32 Å². The Bertz CT molecular complexity index is 682. The number of benzene rings is 1. The molecule has 0 radical (unpaired) electrons. The standard InChI is InChI=1S/C15H13N3O4/c1-11(19)12-4-3-7-17(9-12)10-15(20)16-13-5-2-6-14(8-13)18(21)22/h2-9H,10H2,1H3/p+1. The molecule has 0 bridgehead atoms. The van der Waals surface area contributed by atoms with Crippen LogP contribution in [-0.4, -0.2) is 16.6 Å². The minimum atomic E-state index is -0.527. The number of pyridine rings is 1. The number of Topliss-reactive ketones (excluding diaryl/α,β-unsaturated/α-hetero) is 1. The molecular weight excluding hydrogens is 286 g/mol. The summed E-state index contributed by atoms with van der Waals surface area (Å²) in [7, 11) is 0. The number of hydrogen-bond donors (Lipinski definition) is 1. The highest BCUT2D eigenvalue weighted by atomic mass is 16.6. The number of hydrogen-bond acceptors (Lipinski definition) is 4. The molecule has 0 aliphatic heterocycles. The Labute approximate surface area is 126 Å². The first-order valence-electron chi connectivity index (χ1n) is 6.50. The summed E-state index contributed by atoms with van der Waals surface area (Å²) in [4.78, 5) is 33.4. The van der Waals surface area contributed by atoms with E-state index in [4.69, 9.17) is 0 Å². The van der Waals surface area contributed by atoms with Crippen LogP contribution in [0.5, 0.6) is 0 Å². The Morgan fingerprint density at radius 3 is 2.73 bits per heavy atom. The number of non-ortho nitro benzene ring substituents is 1. The van der Waals surface area contributed by atoms with E-state index in [1.54, 1.807) is 35.2 Å². The van der Waals surface area contributed by atoms with Gasteiger partial charge in [0.25, 0.3) is 11.6 Å². The highest BCUT2D eigenvalue weighted by Crippen LogP contribution is 2.16. The van der Waals surface area contributed by atoms with Crippen molar-refractivity contribution in [2.24, 2.45) is 0 Å². The van der Waals surface area contributed by atoms with Crippen LogP contribution in [0.4, 0.5) is 11.4 Å². The molecule has 1 amide bonds. The van der Waals surface area contributed by atoms with E-state index in [1.807, 2.05) is 0 Å². The zero-order valence-corrected chi connectivity index (χ0v) is 11.9. The molecule has 0 saturated carbocycles. The number of nitrogens with one attached hydrogen (secondary N) is 1. The van der Waals surface area contributed by atoms with Gasteiger partial charge in [-0.3, -0.25) is 19.7 Å². The molecule has 0 saturated heterocycles. The number of nitrogens with zero attached hydrogens (tertiary/aromatic N) is 2. The van der Waals surface area contributed by atoms with Crippen molar-refractivity contribution in [3.8, 4) is 0 Å². The lowest BCUT2D eigenvalue weighted by atomic mass is 10.2. The summed E-state index contributed by atoms with van der Waals surface area (Å²) in [5.41, 5.74) is 0.761. The molecule has 0 atom stereocenters. The minimum Gasteiger partial charge on any atom is -0.320 e. The third kappa shape index (κ3) is 3.95. The lowest BCUT2D eigenvalue weighted by Crippen LogP contribution is -2.40. The number of rotatable bonds is 5. The quantitative estimate of drug-likeness (QED) is 0.394. The number of nitro benzene ring substituents is 1. The van der Waals surface area contributed by atoms with Crippen molar-refractivity contribution in [2.45, 2.75) is 13.5 Å². The van der Waals surface area contributed by atoms with Gasteiger partial charge in [-0.1, -0.05) is 6.07 Å². The van der Waals surface area contributed by atoms with Gasteiger partial charge in [-0.15, -0.1) is 0 Å². The van der Waals surface area contributed by atoms with Crippen LogP contribution in [0.2, 0.25) is 0 Å². The van der Waals surface area contributed by atoms with E-state index in [2.05, 4.69) is 5.32 Å². The molecule has 22 heavy (non-hydrogen) atoms. The van der Waals surface area contributed by atoms with Crippen molar-refractivity contribution in [1.82, 2.24) is 0 Å². The van der Waals surface area contributed by atoms with Crippen LogP contribution in [0.15, 0.2) is 48.8 Å². The van der Waals surface area contributed by atoms with Gasteiger partial charge in [0.2, 0.25) is 6.54 Å². The molecule has 1 heterocycles. The van der Waals surface area contributed by atoms with Crippen molar-refractivity contribution < 1.29 is 19.1 Å². The first-order chi connectivity index (χ1) is 10.5. The number of nitro groups is 1. The largest absolute Gasteiger partial charge is 0.320 e. The van der Waals surface area contributed by atoms with E-state index in [0.717, 1.165) is 0 Å². The Hall–Kier alpha value is -3.09. The zero-order valence-electron chi connectivity index (χ0n) is 11.9. The lowest BCUT2D eigenvalue weighted by Gasteiger charge is -2.03. The predicted octanol–water partition coefficient (Wildman–Crippen LogP) is 1.72. The van der Waals surface area contributed by atoms with E-state index < -0.39 is 4.92 Å². The maximum atomic E-state index is 12.0. The Balaban J connectivity index is 2.07. The molecule has 7 heteroatoms. The first-order valence-corrected chi connectivity index (χ1v) is 6.50. The second-order valence-electron chi connectivity index (χ2n) is 4.68. The van der Waals surface area contributed by atoms with E-state index in [-0.39, 0.29) is 23.9 Å². The number of anilines is 1. The number of carbonyl (C=O) groups is 2. The number of ketones is 1. The molecule has 0 unspecified atom stereocenters. The van der Waals surface area contributed by atoms with E-state index >= 15 is 0 Å². The van der Waals surface area contributed by atoms with Crippen molar-refractivity contribution in [2.75, 3.05) is 5.32 Å². The van der Waals surface area contributed by atoms with Crippen LogP contribution in [0.25, 0.3) is 0 Å². The molecule has 1 N–H and O–H groups in total. The molecule has 0 aliphatic rings. The van der Waals surface area contributed by atoms with Crippen molar-refractivity contribution in [3.05, 3.63) is 64.5 Å². The van der Waals surface area contributed by atoms with E-state index in [9.17, 15) is 19.7 Å². The Morgan fingerprint density at radius 1 is 1.27 bits per heavy atom. The highest BCUT2D eigenvalue weighted by Gasteiger charge is 2.13. The number of carbonyl (C=O) groups excluding carboxylic acids is 2. The minimum absolute atomic E-state index is 0.00378. The van der Waals surface area contributed by atoms with E-state index in [1.165, 1.54) is 25.1 Å². The molecule has 2 aromatic rings. The SMILES string of the molecule is CC(=O)c1ccc[n+](CC(=O)Nc2cccc([N+](=O)[O-])c2)c1. The van der Waals surface area contributed by atoms with Gasteiger partial charge in [0, 0.05) is 23.9 Å². The molecular formula is C15H14N3O4+. The van der Waals surface area contributed by atoms with E-state index in [0.29, 0.717) is 11.3 Å². The molecule has 1 aromatic carbocycles. The topological polar surface area (TPSA) is 93.2 Å². The van der Waals surface area contributed by atoms with Crippen LogP contribution in [0.1, 0.15) is 17.3 Å². The first kappa shape index (κ1) is 15.3. The molecule has 1 aromatic heterocycles. The van der Waals surface area contributed by atoms with Crippen LogP contribution in [-0.2, 0) is 11.3 Å². The van der Waals surface area contributed by atoms with Crippen LogP contribution >= 0.6 is 0 Å². The van der Waals surface area contributed by atoms with Gasteiger partial charge in [-0.05, 0) is 19.1 Å². The predicted molar refractivity (Wildman–Crippen MR) is 78.4 cm³/mol. The average Bonchev–Trinajstić information content (AvgIpc) is 2.47. The van der Waals surface area contributed by atoms with Gasteiger partial charge in [0.05, 0.1) is 10.5 Å². The van der Waals surface area contributed by atoms with Crippen molar-refractivity contribution in [1.29, 1.82) is 0 Å². The lowest BCUT2D eigenvalue weighted by molar-refractivity contribution is -0.684. The third-order valence-corrected chi connectivity index (χ3v) is 2.93. The normalized spacial score (nSPS) is 10.0. The Kier molecular flexibility index (Phi) is 4.57. The van der Waals surface area contributed by atoms with Gasteiger partial charge in [0.1, 0.15) is 0 Å². The average molecular weight is 300 g/mol. The van der Waals surface area contributed by atoms with Crippen molar-refractivity contribution in [3.63, 3.8) is 0 Å². The maximum Gasteiger partial charge on any atom is 0.290 e. The number of aromatic nitrogens is 1. The highest BCUT2D eigenvalue weighted by molar-refractivity contribution is 5.93.